The lowest BCUT2D eigenvalue weighted by Gasteiger charge is -2.19. The van der Waals surface area contributed by atoms with Crippen molar-refractivity contribution in [1.29, 1.82) is 0 Å². The average molecular weight is 235 g/mol. The number of hydrogen-bond acceptors (Lipinski definition) is 2. The normalized spacial score (nSPS) is 10.4. The van der Waals surface area contributed by atoms with Crippen LogP contribution in [0.4, 0.5) is 0 Å². The van der Waals surface area contributed by atoms with E-state index in [2.05, 4.69) is 0 Å². The average Bonchev–Trinajstić information content (AvgIpc) is 2.27. The van der Waals surface area contributed by atoms with E-state index in [-0.39, 0.29) is 11.5 Å². The van der Waals surface area contributed by atoms with Crippen LogP contribution in [0.25, 0.3) is 0 Å². The number of carbonyl (C=O) groups excluding carboxylic acids is 1. The van der Waals surface area contributed by atoms with E-state index in [1.165, 1.54) is 12.1 Å². The van der Waals surface area contributed by atoms with Gasteiger partial charge >= 0.3 is 5.97 Å². The minimum absolute atomic E-state index is 0.0874. The Morgan fingerprint density at radius 2 is 1.65 bits per heavy atom. The largest absolute Gasteiger partial charge is 0.478 e. The fourth-order valence-electron chi connectivity index (χ4n) is 1.61. The molecule has 17 heavy (non-hydrogen) atoms. The van der Waals surface area contributed by atoms with E-state index in [0.717, 1.165) is 0 Å². The summed E-state index contributed by atoms with van der Waals surface area (Å²) in [5.41, 5.74) is 0.700. The zero-order valence-corrected chi connectivity index (χ0v) is 10.3. The summed E-state index contributed by atoms with van der Waals surface area (Å²) in [7, 11) is 1.74. The molecule has 92 valence electrons. The van der Waals surface area contributed by atoms with E-state index < -0.39 is 5.97 Å². The lowest BCUT2D eigenvalue weighted by molar-refractivity contribution is 0.0695. The number of carbonyl (C=O) groups is 2. The second kappa shape index (κ2) is 5.48. The molecule has 1 rings (SSSR count). The molecule has 1 aromatic carbocycles. The highest BCUT2D eigenvalue weighted by Gasteiger charge is 2.13. The summed E-state index contributed by atoms with van der Waals surface area (Å²) in [5, 5.41) is 8.75. The van der Waals surface area contributed by atoms with Crippen LogP contribution in [-0.2, 0) is 0 Å². The Morgan fingerprint density at radius 1 is 1.18 bits per heavy atom. The molecule has 1 amide bonds. The van der Waals surface area contributed by atoms with Crippen molar-refractivity contribution in [3.63, 3.8) is 0 Å². The van der Waals surface area contributed by atoms with E-state index >= 15 is 0 Å². The van der Waals surface area contributed by atoms with Gasteiger partial charge in [0.25, 0.3) is 5.91 Å². The number of benzene rings is 1. The first-order chi connectivity index (χ1) is 7.91. The summed E-state index contributed by atoms with van der Waals surface area (Å²) in [4.78, 5) is 24.2. The Balaban J connectivity index is 2.79. The Morgan fingerprint density at radius 3 is 2.06 bits per heavy atom. The molecule has 1 N–H and O–H groups in total. The van der Waals surface area contributed by atoms with E-state index in [1.54, 1.807) is 24.1 Å². The van der Waals surface area contributed by atoms with Crippen molar-refractivity contribution in [2.45, 2.75) is 13.8 Å². The second-order valence-electron chi connectivity index (χ2n) is 4.46. The van der Waals surface area contributed by atoms with Gasteiger partial charge in [-0.3, -0.25) is 4.79 Å². The molecule has 0 radical (unpaired) electrons. The predicted octanol–water partition coefficient (Wildman–Crippen LogP) is 2.11. The smallest absolute Gasteiger partial charge is 0.335 e. The van der Waals surface area contributed by atoms with Gasteiger partial charge in [-0.2, -0.15) is 0 Å². The van der Waals surface area contributed by atoms with Crippen LogP contribution >= 0.6 is 0 Å². The fraction of sp³-hybridized carbons (Fsp3) is 0.385. The Bertz CT molecular complexity index is 409. The van der Waals surface area contributed by atoms with E-state index in [1.807, 2.05) is 13.8 Å². The number of nitrogens with zero attached hydrogens (tertiary/aromatic N) is 1. The van der Waals surface area contributed by atoms with Crippen molar-refractivity contribution < 1.29 is 14.7 Å². The molecule has 4 nitrogen and oxygen atoms in total. The summed E-state index contributed by atoms with van der Waals surface area (Å²) < 4.78 is 0. The molecule has 0 aliphatic carbocycles. The van der Waals surface area contributed by atoms with Crippen molar-refractivity contribution in [1.82, 2.24) is 4.90 Å². The molecule has 4 heteroatoms. The molecular weight excluding hydrogens is 218 g/mol. The predicted molar refractivity (Wildman–Crippen MR) is 65.2 cm³/mol. The molecule has 0 heterocycles. The Kier molecular flexibility index (Phi) is 4.26. The van der Waals surface area contributed by atoms with Gasteiger partial charge in [0.2, 0.25) is 0 Å². The van der Waals surface area contributed by atoms with Gasteiger partial charge in [-0.05, 0) is 30.2 Å². The van der Waals surface area contributed by atoms with Crippen LogP contribution < -0.4 is 0 Å². The lowest BCUT2D eigenvalue weighted by Crippen LogP contribution is -2.30. The van der Waals surface area contributed by atoms with Crippen LogP contribution in [0.2, 0.25) is 0 Å². The molecule has 0 saturated carbocycles. The molecule has 0 aliphatic rings. The van der Waals surface area contributed by atoms with Gasteiger partial charge in [0, 0.05) is 19.2 Å². The SMILES string of the molecule is CC(C)CN(C)C(=O)c1ccc(C(=O)O)cc1. The molecule has 0 atom stereocenters. The minimum atomic E-state index is -0.987. The van der Waals surface area contributed by atoms with Gasteiger partial charge in [0.1, 0.15) is 0 Å². The van der Waals surface area contributed by atoms with Gasteiger partial charge in [-0.1, -0.05) is 13.8 Å². The fourth-order valence-corrected chi connectivity index (χ4v) is 1.61. The van der Waals surface area contributed by atoms with Crippen LogP contribution in [-0.4, -0.2) is 35.5 Å². The summed E-state index contributed by atoms with van der Waals surface area (Å²) >= 11 is 0. The maximum Gasteiger partial charge on any atom is 0.335 e. The maximum absolute atomic E-state index is 11.9. The van der Waals surface area contributed by atoms with E-state index in [9.17, 15) is 9.59 Å². The number of carboxylic acid groups (broad SMARTS) is 1. The third kappa shape index (κ3) is 3.59. The molecular formula is C13H17NO3. The van der Waals surface area contributed by atoms with Gasteiger partial charge in [0.15, 0.2) is 0 Å². The third-order valence-corrected chi connectivity index (χ3v) is 2.36. The molecule has 0 unspecified atom stereocenters. The van der Waals surface area contributed by atoms with E-state index in [0.29, 0.717) is 18.0 Å². The molecule has 0 spiro atoms. The highest BCUT2D eigenvalue weighted by molar-refractivity contribution is 5.95. The molecule has 0 aromatic heterocycles. The monoisotopic (exact) mass is 235 g/mol. The quantitative estimate of drug-likeness (QED) is 0.869. The number of rotatable bonds is 4. The zero-order valence-electron chi connectivity index (χ0n) is 10.3. The molecule has 1 aromatic rings. The maximum atomic E-state index is 11.9. The standard InChI is InChI=1S/C13H17NO3/c1-9(2)8-14(3)12(15)10-4-6-11(7-5-10)13(16)17/h4-7,9H,8H2,1-3H3,(H,16,17). The Labute approximate surface area is 101 Å². The highest BCUT2D eigenvalue weighted by Crippen LogP contribution is 2.08. The van der Waals surface area contributed by atoms with E-state index in [4.69, 9.17) is 5.11 Å². The molecule has 0 bridgehead atoms. The first kappa shape index (κ1) is 13.2. The molecule has 0 saturated heterocycles. The topological polar surface area (TPSA) is 57.6 Å². The van der Waals surface area contributed by atoms with Crippen molar-refractivity contribution in [2.75, 3.05) is 13.6 Å². The lowest BCUT2D eigenvalue weighted by atomic mass is 10.1. The molecule has 0 fully saturated rings. The summed E-state index contributed by atoms with van der Waals surface area (Å²) in [5.74, 6) is -0.669. The number of carboxylic acids is 1. The van der Waals surface area contributed by atoms with Gasteiger partial charge in [-0.25, -0.2) is 4.79 Å². The second-order valence-corrected chi connectivity index (χ2v) is 4.46. The number of amides is 1. The van der Waals surface area contributed by atoms with Crippen molar-refractivity contribution in [2.24, 2.45) is 5.92 Å². The number of hydrogen-bond donors (Lipinski definition) is 1. The molecule has 0 aliphatic heterocycles. The van der Waals surface area contributed by atoms with Crippen molar-refractivity contribution >= 4 is 11.9 Å². The van der Waals surface area contributed by atoms with Crippen LogP contribution in [0.3, 0.4) is 0 Å². The van der Waals surface area contributed by atoms with Crippen molar-refractivity contribution in [3.8, 4) is 0 Å². The van der Waals surface area contributed by atoms with Gasteiger partial charge < -0.3 is 10.0 Å². The Hall–Kier alpha value is -1.84. The first-order valence-corrected chi connectivity index (χ1v) is 5.50. The third-order valence-electron chi connectivity index (χ3n) is 2.36. The van der Waals surface area contributed by atoms with Crippen LogP contribution in [0.5, 0.6) is 0 Å². The van der Waals surface area contributed by atoms with Crippen LogP contribution in [0, 0.1) is 5.92 Å². The zero-order chi connectivity index (χ0) is 13.0. The summed E-state index contributed by atoms with van der Waals surface area (Å²) in [6.07, 6.45) is 0. The van der Waals surface area contributed by atoms with Crippen molar-refractivity contribution in [3.05, 3.63) is 35.4 Å². The minimum Gasteiger partial charge on any atom is -0.478 e. The number of aromatic carboxylic acids is 1. The first-order valence-electron chi connectivity index (χ1n) is 5.50. The highest BCUT2D eigenvalue weighted by atomic mass is 16.4. The van der Waals surface area contributed by atoms with Gasteiger partial charge in [-0.15, -0.1) is 0 Å². The van der Waals surface area contributed by atoms with Crippen LogP contribution in [0.1, 0.15) is 34.6 Å². The van der Waals surface area contributed by atoms with Gasteiger partial charge in [0.05, 0.1) is 5.56 Å². The summed E-state index contributed by atoms with van der Waals surface area (Å²) in [6, 6.07) is 5.97. The summed E-state index contributed by atoms with van der Waals surface area (Å²) in [6.45, 7) is 4.76. The van der Waals surface area contributed by atoms with Crippen LogP contribution in [0.15, 0.2) is 24.3 Å².